The van der Waals surface area contributed by atoms with Crippen LogP contribution in [0.5, 0.6) is 0 Å². The fourth-order valence-electron chi connectivity index (χ4n) is 1.95. The molecule has 0 radical (unpaired) electrons. The molecule has 1 amide bonds. The van der Waals surface area contributed by atoms with Crippen LogP contribution in [0.2, 0.25) is 0 Å². The fourth-order valence-corrected chi connectivity index (χ4v) is 1.95. The molecule has 1 rings (SSSR count). The molecular formula is C12H25N3O2. The Bertz CT molecular complexity index is 232. The Labute approximate surface area is 104 Å². The van der Waals surface area contributed by atoms with Gasteiger partial charge in [-0.15, -0.1) is 0 Å². The van der Waals surface area contributed by atoms with E-state index in [0.717, 1.165) is 26.1 Å². The van der Waals surface area contributed by atoms with Gasteiger partial charge in [0.25, 0.3) is 0 Å². The maximum atomic E-state index is 11.7. The number of nitrogens with one attached hydrogen (secondary N) is 1. The molecule has 1 saturated heterocycles. The van der Waals surface area contributed by atoms with Crippen LogP contribution in [0.25, 0.3) is 0 Å². The van der Waals surface area contributed by atoms with E-state index in [1.807, 2.05) is 0 Å². The first-order valence-electron chi connectivity index (χ1n) is 6.42. The van der Waals surface area contributed by atoms with E-state index in [1.54, 1.807) is 0 Å². The molecule has 3 N–H and O–H groups in total. The van der Waals surface area contributed by atoms with Crippen LogP contribution in [0.3, 0.4) is 0 Å². The highest BCUT2D eigenvalue weighted by Gasteiger charge is 2.18. The first-order chi connectivity index (χ1) is 8.15. The Morgan fingerprint density at radius 3 is 3.00 bits per heavy atom. The van der Waals surface area contributed by atoms with Crippen molar-refractivity contribution in [3.8, 4) is 0 Å². The molecule has 0 aromatic carbocycles. The molecule has 0 aromatic heterocycles. The summed E-state index contributed by atoms with van der Waals surface area (Å²) >= 11 is 0. The summed E-state index contributed by atoms with van der Waals surface area (Å²) in [6, 6.07) is 0. The summed E-state index contributed by atoms with van der Waals surface area (Å²) in [6.45, 7) is 5.84. The number of likely N-dealkylation sites (N-methyl/N-ethyl adjacent to an activating group) is 1. The van der Waals surface area contributed by atoms with Crippen molar-refractivity contribution in [1.29, 1.82) is 0 Å². The smallest absolute Gasteiger partial charge is 0.220 e. The SMILES string of the molecule is CCC(CN)CC(=O)NCC1CN(C)CCO1. The van der Waals surface area contributed by atoms with E-state index in [1.165, 1.54) is 0 Å². The average molecular weight is 243 g/mol. The Morgan fingerprint density at radius 1 is 1.65 bits per heavy atom. The van der Waals surface area contributed by atoms with Crippen molar-refractivity contribution in [2.75, 3.05) is 39.8 Å². The van der Waals surface area contributed by atoms with Crippen LogP contribution in [-0.4, -0.2) is 56.7 Å². The molecule has 1 heterocycles. The maximum Gasteiger partial charge on any atom is 0.220 e. The summed E-state index contributed by atoms with van der Waals surface area (Å²) in [5.41, 5.74) is 5.58. The molecule has 1 aliphatic rings. The van der Waals surface area contributed by atoms with Crippen molar-refractivity contribution in [3.05, 3.63) is 0 Å². The predicted molar refractivity (Wildman–Crippen MR) is 67.7 cm³/mol. The number of nitrogens with zero attached hydrogens (tertiary/aromatic N) is 1. The average Bonchev–Trinajstić information content (AvgIpc) is 2.33. The number of amides is 1. The Morgan fingerprint density at radius 2 is 2.41 bits per heavy atom. The Hall–Kier alpha value is -0.650. The van der Waals surface area contributed by atoms with Gasteiger partial charge < -0.3 is 20.7 Å². The minimum Gasteiger partial charge on any atom is -0.374 e. The van der Waals surface area contributed by atoms with Gasteiger partial charge in [0.1, 0.15) is 0 Å². The molecule has 100 valence electrons. The number of rotatable bonds is 6. The van der Waals surface area contributed by atoms with Crippen LogP contribution in [0.15, 0.2) is 0 Å². The summed E-state index contributed by atoms with van der Waals surface area (Å²) in [6.07, 6.45) is 1.60. The monoisotopic (exact) mass is 243 g/mol. The van der Waals surface area contributed by atoms with Crippen molar-refractivity contribution >= 4 is 5.91 Å². The Kier molecular flexibility index (Phi) is 6.47. The highest BCUT2D eigenvalue weighted by molar-refractivity contribution is 5.76. The van der Waals surface area contributed by atoms with E-state index < -0.39 is 0 Å². The topological polar surface area (TPSA) is 67.6 Å². The van der Waals surface area contributed by atoms with E-state index in [2.05, 4.69) is 24.2 Å². The number of nitrogens with two attached hydrogens (primary N) is 1. The summed E-state index contributed by atoms with van der Waals surface area (Å²) in [4.78, 5) is 13.9. The summed E-state index contributed by atoms with van der Waals surface area (Å²) in [5.74, 6) is 0.379. The van der Waals surface area contributed by atoms with Gasteiger partial charge in [-0.2, -0.15) is 0 Å². The quantitative estimate of drug-likeness (QED) is 0.678. The molecule has 5 nitrogen and oxygen atoms in total. The minimum absolute atomic E-state index is 0.0825. The Balaban J connectivity index is 2.18. The van der Waals surface area contributed by atoms with Gasteiger partial charge in [0.05, 0.1) is 12.7 Å². The molecule has 0 bridgehead atoms. The molecule has 2 unspecified atom stereocenters. The third kappa shape index (κ3) is 5.48. The van der Waals surface area contributed by atoms with Crippen molar-refractivity contribution in [3.63, 3.8) is 0 Å². The van der Waals surface area contributed by atoms with Gasteiger partial charge in [0, 0.05) is 26.1 Å². The molecule has 5 heteroatoms. The van der Waals surface area contributed by atoms with E-state index in [-0.39, 0.29) is 12.0 Å². The van der Waals surface area contributed by atoms with Crippen molar-refractivity contribution < 1.29 is 9.53 Å². The summed E-state index contributed by atoms with van der Waals surface area (Å²) in [5, 5.41) is 2.93. The summed E-state index contributed by atoms with van der Waals surface area (Å²) in [7, 11) is 2.07. The van der Waals surface area contributed by atoms with Gasteiger partial charge in [0.2, 0.25) is 5.91 Å². The largest absolute Gasteiger partial charge is 0.374 e. The van der Waals surface area contributed by atoms with Crippen molar-refractivity contribution in [2.24, 2.45) is 11.7 Å². The lowest BCUT2D eigenvalue weighted by atomic mass is 10.0. The van der Waals surface area contributed by atoms with Gasteiger partial charge in [-0.05, 0) is 19.5 Å². The van der Waals surface area contributed by atoms with Gasteiger partial charge >= 0.3 is 0 Å². The number of hydrogen-bond donors (Lipinski definition) is 2. The van der Waals surface area contributed by atoms with Gasteiger partial charge in [0.15, 0.2) is 0 Å². The number of carbonyl (C=O) groups is 1. The van der Waals surface area contributed by atoms with E-state index in [0.29, 0.717) is 25.4 Å². The zero-order chi connectivity index (χ0) is 12.7. The lowest BCUT2D eigenvalue weighted by Crippen LogP contribution is -2.46. The molecule has 2 atom stereocenters. The number of carbonyl (C=O) groups excluding carboxylic acids is 1. The molecule has 0 aromatic rings. The molecule has 1 aliphatic heterocycles. The third-order valence-corrected chi connectivity index (χ3v) is 3.25. The second-order valence-electron chi connectivity index (χ2n) is 4.77. The predicted octanol–water partition coefficient (Wildman–Crippen LogP) is -0.192. The van der Waals surface area contributed by atoms with Gasteiger partial charge in [-0.3, -0.25) is 4.79 Å². The van der Waals surface area contributed by atoms with Crippen LogP contribution < -0.4 is 11.1 Å². The second-order valence-corrected chi connectivity index (χ2v) is 4.77. The van der Waals surface area contributed by atoms with Crippen LogP contribution in [-0.2, 0) is 9.53 Å². The minimum atomic E-state index is 0.0825. The van der Waals surface area contributed by atoms with E-state index >= 15 is 0 Å². The van der Waals surface area contributed by atoms with Crippen molar-refractivity contribution in [1.82, 2.24) is 10.2 Å². The molecule has 0 saturated carbocycles. The first kappa shape index (κ1) is 14.4. The fraction of sp³-hybridized carbons (Fsp3) is 0.917. The molecular weight excluding hydrogens is 218 g/mol. The van der Waals surface area contributed by atoms with Crippen LogP contribution in [0, 0.1) is 5.92 Å². The van der Waals surface area contributed by atoms with Crippen LogP contribution in [0.4, 0.5) is 0 Å². The number of ether oxygens (including phenoxy) is 1. The van der Waals surface area contributed by atoms with E-state index in [9.17, 15) is 4.79 Å². The molecule has 0 aliphatic carbocycles. The zero-order valence-electron chi connectivity index (χ0n) is 10.9. The summed E-state index contributed by atoms with van der Waals surface area (Å²) < 4.78 is 5.58. The first-order valence-corrected chi connectivity index (χ1v) is 6.42. The van der Waals surface area contributed by atoms with Crippen molar-refractivity contribution in [2.45, 2.75) is 25.9 Å². The molecule has 1 fully saturated rings. The van der Waals surface area contributed by atoms with Crippen LogP contribution >= 0.6 is 0 Å². The highest BCUT2D eigenvalue weighted by Crippen LogP contribution is 2.06. The third-order valence-electron chi connectivity index (χ3n) is 3.25. The maximum absolute atomic E-state index is 11.7. The second kappa shape index (κ2) is 7.63. The lowest BCUT2D eigenvalue weighted by molar-refractivity contribution is -0.123. The lowest BCUT2D eigenvalue weighted by Gasteiger charge is -2.30. The van der Waals surface area contributed by atoms with Gasteiger partial charge in [-0.1, -0.05) is 13.3 Å². The highest BCUT2D eigenvalue weighted by atomic mass is 16.5. The molecule has 17 heavy (non-hydrogen) atoms. The van der Waals surface area contributed by atoms with Gasteiger partial charge in [-0.25, -0.2) is 0 Å². The van der Waals surface area contributed by atoms with E-state index in [4.69, 9.17) is 10.5 Å². The zero-order valence-corrected chi connectivity index (χ0v) is 10.9. The number of hydrogen-bond acceptors (Lipinski definition) is 4. The standard InChI is InChI=1S/C12H25N3O2/c1-3-10(7-13)6-12(16)14-8-11-9-15(2)4-5-17-11/h10-11H,3-9,13H2,1-2H3,(H,14,16). The van der Waals surface area contributed by atoms with Crippen LogP contribution in [0.1, 0.15) is 19.8 Å². The normalized spacial score (nSPS) is 23.4. The number of morpholine rings is 1. The molecule has 0 spiro atoms.